The summed E-state index contributed by atoms with van der Waals surface area (Å²) in [5, 5.41) is 0. The number of hydrogen-bond donors (Lipinski definition) is 1. The predicted molar refractivity (Wildman–Crippen MR) is 76.4 cm³/mol. The van der Waals surface area contributed by atoms with Crippen LogP contribution in [0.2, 0.25) is 0 Å². The van der Waals surface area contributed by atoms with Gasteiger partial charge < -0.3 is 5.73 Å². The molecule has 1 rings (SSSR count). The fourth-order valence-corrected chi connectivity index (χ4v) is 2.34. The molecule has 0 spiro atoms. The van der Waals surface area contributed by atoms with E-state index >= 15 is 0 Å². The predicted octanol–water partition coefficient (Wildman–Crippen LogP) is 3.92. The molecule has 0 aliphatic carbocycles. The van der Waals surface area contributed by atoms with E-state index < -0.39 is 0 Å². The molecule has 0 saturated carbocycles. The second-order valence-corrected chi connectivity index (χ2v) is 6.39. The summed E-state index contributed by atoms with van der Waals surface area (Å²) in [4.78, 5) is 0. The lowest BCUT2D eigenvalue weighted by Crippen LogP contribution is -2.35. The van der Waals surface area contributed by atoms with Crippen molar-refractivity contribution < 1.29 is 0 Å². The Labute approximate surface area is 106 Å². The van der Waals surface area contributed by atoms with Crippen molar-refractivity contribution in [3.63, 3.8) is 0 Å². The van der Waals surface area contributed by atoms with Gasteiger partial charge in [0.1, 0.15) is 0 Å². The zero-order valence-electron chi connectivity index (χ0n) is 12.2. The van der Waals surface area contributed by atoms with Gasteiger partial charge >= 0.3 is 0 Å². The SMILES string of the molecule is Cc1cc(C)c(CCC(N)C(C)(C)C)c(C)c1. The van der Waals surface area contributed by atoms with E-state index in [1.807, 2.05) is 0 Å². The molecule has 0 aliphatic rings. The van der Waals surface area contributed by atoms with Gasteiger partial charge in [0.25, 0.3) is 0 Å². The van der Waals surface area contributed by atoms with E-state index in [1.165, 1.54) is 22.3 Å². The Hall–Kier alpha value is -0.820. The lowest BCUT2D eigenvalue weighted by molar-refractivity contribution is 0.306. The van der Waals surface area contributed by atoms with Crippen molar-refractivity contribution in [2.75, 3.05) is 0 Å². The smallest absolute Gasteiger partial charge is 0.00908 e. The van der Waals surface area contributed by atoms with Gasteiger partial charge in [-0.1, -0.05) is 38.5 Å². The first-order chi connectivity index (χ1) is 7.71. The molecule has 1 atom stereocenters. The van der Waals surface area contributed by atoms with E-state index in [0.29, 0.717) is 0 Å². The lowest BCUT2D eigenvalue weighted by Gasteiger charge is -2.27. The summed E-state index contributed by atoms with van der Waals surface area (Å²) in [5.74, 6) is 0. The highest BCUT2D eigenvalue weighted by Gasteiger charge is 2.20. The highest BCUT2D eigenvalue weighted by Crippen LogP contribution is 2.24. The summed E-state index contributed by atoms with van der Waals surface area (Å²) >= 11 is 0. The van der Waals surface area contributed by atoms with Crippen LogP contribution in [-0.2, 0) is 6.42 Å². The van der Waals surface area contributed by atoms with E-state index in [-0.39, 0.29) is 11.5 Å². The lowest BCUT2D eigenvalue weighted by atomic mass is 9.83. The second-order valence-electron chi connectivity index (χ2n) is 6.39. The van der Waals surface area contributed by atoms with Crippen molar-refractivity contribution in [1.29, 1.82) is 0 Å². The molecule has 0 bridgehead atoms. The molecule has 2 N–H and O–H groups in total. The van der Waals surface area contributed by atoms with Gasteiger partial charge in [-0.05, 0) is 55.7 Å². The monoisotopic (exact) mass is 233 g/mol. The number of hydrogen-bond acceptors (Lipinski definition) is 1. The normalized spacial score (nSPS) is 13.8. The Morgan fingerprint density at radius 3 is 1.94 bits per heavy atom. The quantitative estimate of drug-likeness (QED) is 0.841. The third-order valence-corrected chi connectivity index (χ3v) is 3.66. The van der Waals surface area contributed by atoms with E-state index in [1.54, 1.807) is 0 Å². The third-order valence-electron chi connectivity index (χ3n) is 3.66. The summed E-state index contributed by atoms with van der Waals surface area (Å²) in [7, 11) is 0. The first kappa shape index (κ1) is 14.2. The minimum Gasteiger partial charge on any atom is -0.327 e. The Morgan fingerprint density at radius 1 is 1.06 bits per heavy atom. The van der Waals surface area contributed by atoms with E-state index in [4.69, 9.17) is 5.73 Å². The summed E-state index contributed by atoms with van der Waals surface area (Å²) in [5.41, 5.74) is 12.1. The van der Waals surface area contributed by atoms with Gasteiger partial charge in [-0.2, -0.15) is 0 Å². The minimum absolute atomic E-state index is 0.201. The Kier molecular flexibility index (Phi) is 4.37. The van der Waals surface area contributed by atoms with E-state index in [0.717, 1.165) is 12.8 Å². The number of nitrogens with two attached hydrogens (primary N) is 1. The zero-order chi connectivity index (χ0) is 13.2. The molecular formula is C16H27N. The summed E-state index contributed by atoms with van der Waals surface area (Å²) in [6, 6.07) is 4.80. The molecule has 1 aromatic rings. The zero-order valence-corrected chi connectivity index (χ0v) is 12.2. The van der Waals surface area contributed by atoms with Crippen LogP contribution < -0.4 is 5.73 Å². The molecule has 1 aromatic carbocycles. The average molecular weight is 233 g/mol. The van der Waals surface area contributed by atoms with Crippen LogP contribution in [0.5, 0.6) is 0 Å². The fourth-order valence-electron chi connectivity index (χ4n) is 2.34. The van der Waals surface area contributed by atoms with Crippen molar-refractivity contribution in [3.8, 4) is 0 Å². The summed E-state index contributed by atoms with van der Waals surface area (Å²) < 4.78 is 0. The standard InChI is InChI=1S/C16H27N/c1-11-9-12(2)14(13(3)10-11)7-8-15(17)16(4,5)6/h9-10,15H,7-8,17H2,1-6H3. The maximum absolute atomic E-state index is 6.23. The van der Waals surface area contributed by atoms with Crippen LogP contribution in [0.25, 0.3) is 0 Å². The topological polar surface area (TPSA) is 26.0 Å². The molecule has 0 aliphatic heterocycles. The maximum atomic E-state index is 6.23. The van der Waals surface area contributed by atoms with Crippen LogP contribution in [0.4, 0.5) is 0 Å². The molecule has 1 unspecified atom stereocenters. The summed E-state index contributed by atoms with van der Waals surface area (Å²) in [6.45, 7) is 13.2. The van der Waals surface area contributed by atoms with Gasteiger partial charge in [0.05, 0.1) is 0 Å². The molecular weight excluding hydrogens is 206 g/mol. The fraction of sp³-hybridized carbons (Fsp3) is 0.625. The number of benzene rings is 1. The highest BCUT2D eigenvalue weighted by molar-refractivity contribution is 5.37. The van der Waals surface area contributed by atoms with Gasteiger partial charge in [-0.15, -0.1) is 0 Å². The molecule has 0 amide bonds. The molecule has 1 heteroatoms. The molecule has 1 nitrogen and oxygen atoms in total. The Bertz CT molecular complexity index is 362. The van der Waals surface area contributed by atoms with Crippen LogP contribution in [-0.4, -0.2) is 6.04 Å². The Morgan fingerprint density at radius 2 is 1.53 bits per heavy atom. The molecule has 96 valence electrons. The van der Waals surface area contributed by atoms with Gasteiger partial charge in [-0.3, -0.25) is 0 Å². The average Bonchev–Trinajstić information content (AvgIpc) is 2.13. The molecule has 0 aromatic heterocycles. The van der Waals surface area contributed by atoms with Gasteiger partial charge in [0.15, 0.2) is 0 Å². The van der Waals surface area contributed by atoms with Crippen molar-refractivity contribution in [1.82, 2.24) is 0 Å². The van der Waals surface area contributed by atoms with Crippen LogP contribution in [0, 0.1) is 26.2 Å². The summed E-state index contributed by atoms with van der Waals surface area (Å²) in [6.07, 6.45) is 2.16. The van der Waals surface area contributed by atoms with Crippen LogP contribution in [0.3, 0.4) is 0 Å². The van der Waals surface area contributed by atoms with Crippen LogP contribution in [0.1, 0.15) is 49.4 Å². The van der Waals surface area contributed by atoms with Crippen LogP contribution >= 0.6 is 0 Å². The van der Waals surface area contributed by atoms with Gasteiger partial charge in [0.2, 0.25) is 0 Å². The first-order valence-electron chi connectivity index (χ1n) is 6.54. The van der Waals surface area contributed by atoms with E-state index in [9.17, 15) is 0 Å². The van der Waals surface area contributed by atoms with Crippen molar-refractivity contribution in [2.45, 2.75) is 60.4 Å². The number of aryl methyl sites for hydroxylation is 3. The highest BCUT2D eigenvalue weighted by atomic mass is 14.7. The molecule has 17 heavy (non-hydrogen) atoms. The largest absolute Gasteiger partial charge is 0.327 e. The Balaban J connectivity index is 2.77. The van der Waals surface area contributed by atoms with Crippen molar-refractivity contribution in [2.24, 2.45) is 11.1 Å². The van der Waals surface area contributed by atoms with E-state index in [2.05, 4.69) is 53.7 Å². The molecule has 0 radical (unpaired) electrons. The van der Waals surface area contributed by atoms with Crippen molar-refractivity contribution in [3.05, 3.63) is 34.4 Å². The minimum atomic E-state index is 0.201. The van der Waals surface area contributed by atoms with Crippen molar-refractivity contribution >= 4 is 0 Å². The first-order valence-corrected chi connectivity index (χ1v) is 6.54. The molecule has 0 heterocycles. The molecule has 0 saturated heterocycles. The third kappa shape index (κ3) is 3.85. The van der Waals surface area contributed by atoms with Crippen LogP contribution in [0.15, 0.2) is 12.1 Å². The molecule has 0 fully saturated rings. The second kappa shape index (κ2) is 5.22. The van der Waals surface area contributed by atoms with Gasteiger partial charge in [-0.25, -0.2) is 0 Å². The maximum Gasteiger partial charge on any atom is 0.00908 e. The van der Waals surface area contributed by atoms with Gasteiger partial charge in [0, 0.05) is 6.04 Å². The number of rotatable bonds is 3.